The van der Waals surface area contributed by atoms with E-state index in [-0.39, 0.29) is 0 Å². The second-order valence-electron chi connectivity index (χ2n) is 5.84. The van der Waals surface area contributed by atoms with E-state index >= 15 is 0 Å². The van der Waals surface area contributed by atoms with Crippen molar-refractivity contribution in [2.45, 2.75) is 63.5 Å². The fraction of sp³-hybridized carbons (Fsp3) is 0.929. The first kappa shape index (κ1) is 12.9. The molecule has 0 aromatic heterocycles. The van der Waals surface area contributed by atoms with Crippen LogP contribution in [0.15, 0.2) is 0 Å². The van der Waals surface area contributed by atoms with E-state index < -0.39 is 5.54 Å². The van der Waals surface area contributed by atoms with Crippen LogP contribution < -0.4 is 5.73 Å². The van der Waals surface area contributed by atoms with Gasteiger partial charge in [-0.05, 0) is 44.6 Å². The smallest absolute Gasteiger partial charge is 0.119 e. The molecule has 1 saturated heterocycles. The quantitative estimate of drug-likeness (QED) is 0.795. The molecule has 1 aliphatic heterocycles. The Morgan fingerprint density at radius 1 is 1.35 bits per heavy atom. The molecule has 2 unspecified atom stereocenters. The monoisotopic (exact) mass is 235 g/mol. The largest absolute Gasteiger partial charge is 0.312 e. The van der Waals surface area contributed by atoms with Gasteiger partial charge in [0.1, 0.15) is 5.54 Å². The fourth-order valence-electron chi connectivity index (χ4n) is 3.12. The van der Waals surface area contributed by atoms with Crippen molar-refractivity contribution in [1.82, 2.24) is 4.90 Å². The van der Waals surface area contributed by atoms with Gasteiger partial charge in [0.05, 0.1) is 6.07 Å². The van der Waals surface area contributed by atoms with Crippen molar-refractivity contribution in [1.29, 1.82) is 5.26 Å². The lowest BCUT2D eigenvalue weighted by Gasteiger charge is -2.39. The van der Waals surface area contributed by atoms with Crippen molar-refractivity contribution < 1.29 is 0 Å². The summed E-state index contributed by atoms with van der Waals surface area (Å²) in [6.07, 6.45) is 8.69. The zero-order valence-electron chi connectivity index (χ0n) is 11.0. The summed E-state index contributed by atoms with van der Waals surface area (Å²) in [5.74, 6) is 0.455. The van der Waals surface area contributed by atoms with Crippen LogP contribution in [-0.4, -0.2) is 29.6 Å². The summed E-state index contributed by atoms with van der Waals surface area (Å²) < 4.78 is 0. The van der Waals surface area contributed by atoms with E-state index in [0.717, 1.165) is 25.9 Å². The number of hydrogen-bond donors (Lipinski definition) is 1. The van der Waals surface area contributed by atoms with Gasteiger partial charge in [-0.1, -0.05) is 19.8 Å². The summed E-state index contributed by atoms with van der Waals surface area (Å²) >= 11 is 0. The second-order valence-corrected chi connectivity index (χ2v) is 5.84. The van der Waals surface area contributed by atoms with E-state index in [1.165, 1.54) is 32.1 Å². The van der Waals surface area contributed by atoms with Gasteiger partial charge in [-0.25, -0.2) is 0 Å². The Bertz CT molecular complexity index is 290. The number of nitrogens with two attached hydrogens (primary N) is 1. The van der Waals surface area contributed by atoms with Gasteiger partial charge < -0.3 is 5.73 Å². The van der Waals surface area contributed by atoms with E-state index in [9.17, 15) is 5.26 Å². The maximum atomic E-state index is 9.34. The standard InChI is InChI=1S/C14H25N3/c1-2-5-13-6-3-4-9-17(13)11-14(16,10-15)12-7-8-12/h12-13H,2-9,11,16H2,1H3. The van der Waals surface area contributed by atoms with Crippen LogP contribution in [0.2, 0.25) is 0 Å². The lowest BCUT2D eigenvalue weighted by Crippen LogP contribution is -2.54. The van der Waals surface area contributed by atoms with Crippen molar-refractivity contribution >= 4 is 0 Å². The summed E-state index contributed by atoms with van der Waals surface area (Å²) in [5, 5.41) is 9.34. The van der Waals surface area contributed by atoms with Crippen molar-refractivity contribution in [2.75, 3.05) is 13.1 Å². The normalized spacial score (nSPS) is 29.6. The van der Waals surface area contributed by atoms with E-state index in [2.05, 4.69) is 17.9 Å². The predicted molar refractivity (Wildman–Crippen MR) is 69.4 cm³/mol. The van der Waals surface area contributed by atoms with Gasteiger partial charge >= 0.3 is 0 Å². The molecule has 2 N–H and O–H groups in total. The number of hydrogen-bond acceptors (Lipinski definition) is 3. The summed E-state index contributed by atoms with van der Waals surface area (Å²) in [4.78, 5) is 2.49. The van der Waals surface area contributed by atoms with Crippen LogP contribution in [0.5, 0.6) is 0 Å². The van der Waals surface area contributed by atoms with Crippen LogP contribution in [0.4, 0.5) is 0 Å². The highest BCUT2D eigenvalue weighted by Crippen LogP contribution is 2.39. The number of likely N-dealkylation sites (tertiary alicyclic amines) is 1. The molecular weight excluding hydrogens is 210 g/mol. The van der Waals surface area contributed by atoms with E-state index in [0.29, 0.717) is 12.0 Å². The highest BCUT2D eigenvalue weighted by atomic mass is 15.2. The average molecular weight is 235 g/mol. The van der Waals surface area contributed by atoms with Crippen molar-refractivity contribution in [2.24, 2.45) is 11.7 Å². The minimum absolute atomic E-state index is 0.455. The average Bonchev–Trinajstić information content (AvgIpc) is 3.16. The summed E-state index contributed by atoms with van der Waals surface area (Å²) in [5.41, 5.74) is 5.71. The Hall–Kier alpha value is -0.590. The van der Waals surface area contributed by atoms with E-state index in [1.807, 2.05) is 0 Å². The van der Waals surface area contributed by atoms with Gasteiger partial charge in [-0.15, -0.1) is 0 Å². The molecule has 0 radical (unpaired) electrons. The lowest BCUT2D eigenvalue weighted by atomic mass is 9.91. The van der Waals surface area contributed by atoms with Gasteiger partial charge in [0.2, 0.25) is 0 Å². The van der Waals surface area contributed by atoms with Crippen molar-refractivity contribution in [3.05, 3.63) is 0 Å². The zero-order valence-corrected chi connectivity index (χ0v) is 11.0. The van der Waals surface area contributed by atoms with Gasteiger partial charge in [0, 0.05) is 12.6 Å². The molecule has 0 aromatic rings. The van der Waals surface area contributed by atoms with Crippen LogP contribution in [0, 0.1) is 17.2 Å². The van der Waals surface area contributed by atoms with Gasteiger partial charge in [-0.3, -0.25) is 4.90 Å². The van der Waals surface area contributed by atoms with Crippen LogP contribution in [-0.2, 0) is 0 Å². The highest BCUT2D eigenvalue weighted by molar-refractivity contribution is 5.15. The molecule has 2 rings (SSSR count). The van der Waals surface area contributed by atoms with Crippen LogP contribution in [0.25, 0.3) is 0 Å². The number of nitriles is 1. The topological polar surface area (TPSA) is 53.0 Å². The summed E-state index contributed by atoms with van der Waals surface area (Å²) in [6.45, 7) is 4.17. The molecule has 0 amide bonds. The summed E-state index contributed by atoms with van der Waals surface area (Å²) in [6, 6.07) is 3.06. The maximum Gasteiger partial charge on any atom is 0.119 e. The Kier molecular flexibility index (Phi) is 4.06. The molecule has 96 valence electrons. The van der Waals surface area contributed by atoms with Gasteiger partial charge in [0.25, 0.3) is 0 Å². The summed E-state index contributed by atoms with van der Waals surface area (Å²) in [7, 11) is 0. The number of rotatable bonds is 5. The number of piperidine rings is 1. The molecule has 0 bridgehead atoms. The van der Waals surface area contributed by atoms with Gasteiger partial charge in [0.15, 0.2) is 0 Å². The SMILES string of the molecule is CCCC1CCCCN1CC(N)(C#N)C1CC1. The molecule has 1 aliphatic carbocycles. The second kappa shape index (κ2) is 5.37. The molecule has 2 aliphatic rings. The van der Waals surface area contributed by atoms with Crippen LogP contribution >= 0.6 is 0 Å². The first-order chi connectivity index (χ1) is 8.19. The van der Waals surface area contributed by atoms with Crippen LogP contribution in [0.1, 0.15) is 51.9 Å². The lowest BCUT2D eigenvalue weighted by molar-refractivity contribution is 0.114. The molecule has 2 atom stereocenters. The molecule has 17 heavy (non-hydrogen) atoms. The minimum Gasteiger partial charge on any atom is -0.312 e. The Morgan fingerprint density at radius 3 is 2.71 bits per heavy atom. The first-order valence-electron chi connectivity index (χ1n) is 7.14. The third kappa shape index (κ3) is 3.00. The molecule has 0 aromatic carbocycles. The maximum absolute atomic E-state index is 9.34. The minimum atomic E-state index is -0.580. The Morgan fingerprint density at radius 2 is 2.12 bits per heavy atom. The zero-order chi connectivity index (χ0) is 12.3. The third-order valence-electron chi connectivity index (χ3n) is 4.35. The molecule has 1 saturated carbocycles. The third-order valence-corrected chi connectivity index (χ3v) is 4.35. The Balaban J connectivity index is 1.97. The van der Waals surface area contributed by atoms with E-state index in [4.69, 9.17) is 5.73 Å². The Labute approximate surface area is 105 Å². The molecule has 0 spiro atoms. The van der Waals surface area contributed by atoms with Gasteiger partial charge in [-0.2, -0.15) is 5.26 Å². The molecule has 3 heteroatoms. The van der Waals surface area contributed by atoms with E-state index in [1.54, 1.807) is 0 Å². The van der Waals surface area contributed by atoms with Crippen molar-refractivity contribution in [3.8, 4) is 6.07 Å². The molecule has 2 fully saturated rings. The number of nitrogens with zero attached hydrogens (tertiary/aromatic N) is 2. The molecular formula is C14H25N3. The van der Waals surface area contributed by atoms with Crippen molar-refractivity contribution in [3.63, 3.8) is 0 Å². The molecule has 1 heterocycles. The highest BCUT2D eigenvalue weighted by Gasteiger charge is 2.44. The van der Waals surface area contributed by atoms with Crippen LogP contribution in [0.3, 0.4) is 0 Å². The molecule has 3 nitrogen and oxygen atoms in total. The predicted octanol–water partition coefficient (Wildman–Crippen LogP) is 2.27. The fourth-order valence-corrected chi connectivity index (χ4v) is 3.12. The first-order valence-corrected chi connectivity index (χ1v) is 7.14.